The highest BCUT2D eigenvalue weighted by molar-refractivity contribution is 5.98. The van der Waals surface area contributed by atoms with E-state index in [0.29, 0.717) is 10.5 Å². The summed E-state index contributed by atoms with van der Waals surface area (Å²) in [5.74, 6) is 0. The summed E-state index contributed by atoms with van der Waals surface area (Å²) in [5.41, 5.74) is 0.619. The molecular formula is C13H20O2Si. The Morgan fingerprint density at radius 2 is 2.06 bits per heavy atom. The summed E-state index contributed by atoms with van der Waals surface area (Å²) in [4.78, 5) is 0. The van der Waals surface area contributed by atoms with E-state index in [9.17, 15) is 0 Å². The molecule has 2 unspecified atom stereocenters. The molecule has 0 amide bonds. The highest BCUT2D eigenvalue weighted by atomic mass is 28.2. The quantitative estimate of drug-likeness (QED) is 0.428. The fourth-order valence-corrected chi connectivity index (χ4v) is 2.00. The average Bonchev–Trinajstić information content (AvgIpc) is 2.36. The van der Waals surface area contributed by atoms with Gasteiger partial charge in [-0.1, -0.05) is 49.9 Å². The molecule has 1 aromatic rings. The van der Waals surface area contributed by atoms with E-state index in [4.69, 9.17) is 9.16 Å². The smallest absolute Gasteiger partial charge is 0.149 e. The third-order valence-corrected chi connectivity index (χ3v) is 3.23. The normalized spacial score (nSPS) is 16.6. The Labute approximate surface area is 101 Å². The van der Waals surface area contributed by atoms with Gasteiger partial charge in [-0.3, -0.25) is 0 Å². The molecule has 3 heteroatoms. The van der Waals surface area contributed by atoms with E-state index >= 15 is 0 Å². The molecule has 16 heavy (non-hydrogen) atoms. The largest absolute Gasteiger partial charge is 0.404 e. The Bertz CT molecular complexity index is 322. The second-order valence-electron chi connectivity index (χ2n) is 3.87. The van der Waals surface area contributed by atoms with E-state index in [1.165, 1.54) is 0 Å². The number of benzene rings is 1. The van der Waals surface area contributed by atoms with Gasteiger partial charge in [-0.05, 0) is 18.9 Å². The molecule has 0 aliphatic carbocycles. The first-order chi connectivity index (χ1) is 7.66. The topological polar surface area (TPSA) is 18.5 Å². The van der Waals surface area contributed by atoms with Crippen LogP contribution >= 0.6 is 0 Å². The standard InChI is InChI=1S/C13H20O2Si/c1-4-12(15-16)14-13(3,5-2)11-9-7-6-8-10-11/h5-10,12H,2,4H2,1,3,16H3. The predicted molar refractivity (Wildman–Crippen MR) is 70.2 cm³/mol. The predicted octanol–water partition coefficient (Wildman–Crippen LogP) is 2.14. The van der Waals surface area contributed by atoms with E-state index in [1.54, 1.807) is 0 Å². The highest BCUT2D eigenvalue weighted by Gasteiger charge is 2.26. The van der Waals surface area contributed by atoms with Gasteiger partial charge in [-0.15, -0.1) is 0 Å². The van der Waals surface area contributed by atoms with Gasteiger partial charge in [0.1, 0.15) is 22.4 Å². The third-order valence-electron chi connectivity index (χ3n) is 2.71. The molecule has 0 radical (unpaired) electrons. The second-order valence-corrected chi connectivity index (χ2v) is 4.34. The lowest BCUT2D eigenvalue weighted by Crippen LogP contribution is -2.30. The van der Waals surface area contributed by atoms with Crippen molar-refractivity contribution in [1.29, 1.82) is 0 Å². The molecule has 0 fully saturated rings. The van der Waals surface area contributed by atoms with Crippen LogP contribution in [-0.4, -0.2) is 16.8 Å². The van der Waals surface area contributed by atoms with Gasteiger partial charge in [0.2, 0.25) is 0 Å². The molecule has 0 aliphatic heterocycles. The third kappa shape index (κ3) is 3.04. The van der Waals surface area contributed by atoms with Gasteiger partial charge >= 0.3 is 0 Å². The Kier molecular flexibility index (Phi) is 4.93. The summed E-state index contributed by atoms with van der Waals surface area (Å²) in [6, 6.07) is 10.1. The van der Waals surface area contributed by atoms with Crippen LogP contribution < -0.4 is 0 Å². The maximum Gasteiger partial charge on any atom is 0.149 e. The van der Waals surface area contributed by atoms with E-state index in [0.717, 1.165) is 12.0 Å². The highest BCUT2D eigenvalue weighted by Crippen LogP contribution is 2.28. The Hall–Kier alpha value is -0.903. The summed E-state index contributed by atoms with van der Waals surface area (Å²) in [6.07, 6.45) is 2.53. The SMILES string of the molecule is C=CC(C)(OC(CC)O[SiH3])c1ccccc1. The number of hydrogen-bond acceptors (Lipinski definition) is 2. The van der Waals surface area contributed by atoms with Crippen LogP contribution in [0.25, 0.3) is 0 Å². The minimum Gasteiger partial charge on any atom is -0.404 e. The number of hydrogen-bond donors (Lipinski definition) is 0. The summed E-state index contributed by atoms with van der Waals surface area (Å²) < 4.78 is 11.4. The van der Waals surface area contributed by atoms with Gasteiger partial charge < -0.3 is 9.16 Å². The molecule has 2 nitrogen and oxygen atoms in total. The van der Waals surface area contributed by atoms with Crippen molar-refractivity contribution in [2.24, 2.45) is 0 Å². The Balaban J connectivity index is 2.89. The van der Waals surface area contributed by atoms with Crippen LogP contribution in [0.2, 0.25) is 0 Å². The van der Waals surface area contributed by atoms with Gasteiger partial charge in [0, 0.05) is 0 Å². The van der Waals surface area contributed by atoms with Crippen LogP contribution in [0.5, 0.6) is 0 Å². The lowest BCUT2D eigenvalue weighted by molar-refractivity contribution is -0.148. The zero-order chi connectivity index (χ0) is 12.0. The zero-order valence-corrected chi connectivity index (χ0v) is 12.3. The maximum atomic E-state index is 5.97. The van der Waals surface area contributed by atoms with Crippen LogP contribution in [-0.2, 0) is 14.8 Å². The summed E-state index contributed by atoms with van der Waals surface area (Å²) in [7, 11) is 0.681. The first-order valence-corrected chi connectivity index (χ1v) is 6.37. The molecule has 2 atom stereocenters. The number of ether oxygens (including phenoxy) is 1. The Morgan fingerprint density at radius 1 is 1.44 bits per heavy atom. The van der Waals surface area contributed by atoms with Crippen molar-refractivity contribution in [3.63, 3.8) is 0 Å². The summed E-state index contributed by atoms with van der Waals surface area (Å²) >= 11 is 0. The van der Waals surface area contributed by atoms with Gasteiger partial charge in [-0.2, -0.15) is 0 Å². The molecule has 0 aromatic heterocycles. The first kappa shape index (κ1) is 13.2. The van der Waals surface area contributed by atoms with Crippen molar-refractivity contribution >= 4 is 10.5 Å². The molecular weight excluding hydrogens is 216 g/mol. The van der Waals surface area contributed by atoms with Crippen molar-refractivity contribution in [2.75, 3.05) is 0 Å². The molecule has 0 saturated heterocycles. The van der Waals surface area contributed by atoms with Crippen LogP contribution in [0.15, 0.2) is 43.0 Å². The van der Waals surface area contributed by atoms with Gasteiger partial charge in [-0.25, -0.2) is 0 Å². The van der Waals surface area contributed by atoms with Crippen molar-refractivity contribution in [3.8, 4) is 0 Å². The van der Waals surface area contributed by atoms with Crippen LogP contribution in [0, 0.1) is 0 Å². The Morgan fingerprint density at radius 3 is 2.50 bits per heavy atom. The zero-order valence-electron chi connectivity index (χ0n) is 10.3. The molecule has 1 rings (SSSR count). The van der Waals surface area contributed by atoms with E-state index in [2.05, 4.69) is 13.5 Å². The lowest BCUT2D eigenvalue weighted by Gasteiger charge is -2.31. The van der Waals surface area contributed by atoms with Gasteiger partial charge in [0.05, 0.1) is 0 Å². The van der Waals surface area contributed by atoms with E-state index < -0.39 is 5.60 Å². The van der Waals surface area contributed by atoms with E-state index in [-0.39, 0.29) is 6.29 Å². The van der Waals surface area contributed by atoms with Crippen molar-refractivity contribution in [1.82, 2.24) is 0 Å². The van der Waals surface area contributed by atoms with Crippen LogP contribution in [0.4, 0.5) is 0 Å². The molecule has 0 aliphatic rings. The molecule has 0 spiro atoms. The molecule has 0 bridgehead atoms. The fraction of sp³-hybridized carbons (Fsp3) is 0.385. The molecule has 0 saturated carbocycles. The van der Waals surface area contributed by atoms with Crippen molar-refractivity contribution in [3.05, 3.63) is 48.6 Å². The number of rotatable bonds is 6. The second kappa shape index (κ2) is 5.99. The molecule has 88 valence electrons. The lowest BCUT2D eigenvalue weighted by atomic mass is 9.96. The van der Waals surface area contributed by atoms with Crippen LogP contribution in [0.1, 0.15) is 25.8 Å². The molecule has 0 heterocycles. The van der Waals surface area contributed by atoms with Crippen molar-refractivity contribution < 1.29 is 9.16 Å². The summed E-state index contributed by atoms with van der Waals surface area (Å²) in [6.45, 7) is 7.93. The monoisotopic (exact) mass is 236 g/mol. The van der Waals surface area contributed by atoms with E-state index in [1.807, 2.05) is 43.3 Å². The van der Waals surface area contributed by atoms with Crippen molar-refractivity contribution in [2.45, 2.75) is 32.2 Å². The first-order valence-electron chi connectivity index (χ1n) is 5.56. The van der Waals surface area contributed by atoms with Gasteiger partial charge in [0.25, 0.3) is 0 Å². The molecule has 0 N–H and O–H groups in total. The summed E-state index contributed by atoms with van der Waals surface area (Å²) in [5, 5.41) is 0. The maximum absolute atomic E-state index is 5.97. The average molecular weight is 236 g/mol. The molecule has 1 aromatic carbocycles. The van der Waals surface area contributed by atoms with Gasteiger partial charge in [0.15, 0.2) is 0 Å². The fourth-order valence-electron chi connectivity index (χ4n) is 1.57. The van der Waals surface area contributed by atoms with Crippen LogP contribution in [0.3, 0.4) is 0 Å². The minimum absolute atomic E-state index is 0.144. The minimum atomic E-state index is -0.480.